The Morgan fingerprint density at radius 1 is 1.20 bits per heavy atom. The third-order valence-corrected chi connectivity index (χ3v) is 5.07. The number of anilines is 1. The summed E-state index contributed by atoms with van der Waals surface area (Å²) < 4.78 is 1.09. The fraction of sp³-hybridized carbons (Fsp3) is 0.188. The zero-order valence-corrected chi connectivity index (χ0v) is 14.1. The van der Waals surface area contributed by atoms with E-state index in [2.05, 4.69) is 74.4 Å². The number of nitrogens with one attached hydrogen (secondary N) is 1. The van der Waals surface area contributed by atoms with Crippen LogP contribution in [0.25, 0.3) is 0 Å². The molecular weight excluding hydrogens is 382 g/mol. The van der Waals surface area contributed by atoms with Crippen molar-refractivity contribution in [1.82, 2.24) is 0 Å². The molecule has 0 bridgehead atoms. The molecular formula is C16H13Br2NO. The number of rotatable bonds is 2. The van der Waals surface area contributed by atoms with Gasteiger partial charge in [-0.05, 0) is 47.4 Å². The molecule has 0 radical (unpaired) electrons. The van der Waals surface area contributed by atoms with Crippen LogP contribution >= 0.6 is 31.9 Å². The second-order valence-electron chi connectivity index (χ2n) is 5.01. The normalized spacial score (nSPS) is 14.8. The van der Waals surface area contributed by atoms with Crippen molar-refractivity contribution >= 4 is 43.5 Å². The Kier molecular flexibility index (Phi) is 3.69. The van der Waals surface area contributed by atoms with Crippen LogP contribution in [-0.2, 0) is 11.2 Å². The summed E-state index contributed by atoms with van der Waals surface area (Å²) in [6.07, 6.45) is 0.474. The van der Waals surface area contributed by atoms with E-state index in [1.807, 2.05) is 6.07 Å². The van der Waals surface area contributed by atoms with E-state index in [0.717, 1.165) is 15.7 Å². The van der Waals surface area contributed by atoms with Crippen LogP contribution < -0.4 is 5.32 Å². The van der Waals surface area contributed by atoms with Gasteiger partial charge in [-0.2, -0.15) is 0 Å². The lowest BCUT2D eigenvalue weighted by Crippen LogP contribution is -2.03. The highest BCUT2D eigenvalue weighted by Crippen LogP contribution is 2.36. The predicted molar refractivity (Wildman–Crippen MR) is 88.4 cm³/mol. The molecule has 1 aliphatic rings. The van der Waals surface area contributed by atoms with Gasteiger partial charge in [0.05, 0.1) is 11.2 Å². The third-order valence-electron chi connectivity index (χ3n) is 3.55. The number of fused-ring (bicyclic) bond motifs is 1. The lowest BCUT2D eigenvalue weighted by Gasteiger charge is -2.15. The van der Waals surface area contributed by atoms with Gasteiger partial charge in [0.25, 0.3) is 0 Å². The molecule has 1 aliphatic heterocycles. The minimum absolute atomic E-state index is 0.0723. The lowest BCUT2D eigenvalue weighted by molar-refractivity contribution is -0.115. The van der Waals surface area contributed by atoms with E-state index in [1.165, 1.54) is 16.7 Å². The van der Waals surface area contributed by atoms with E-state index in [-0.39, 0.29) is 10.7 Å². The first-order chi connectivity index (χ1) is 9.54. The molecule has 1 heterocycles. The molecule has 4 heteroatoms. The van der Waals surface area contributed by atoms with Crippen LogP contribution in [0.15, 0.2) is 40.9 Å². The molecule has 2 nitrogen and oxygen atoms in total. The molecule has 2 aromatic rings. The summed E-state index contributed by atoms with van der Waals surface area (Å²) in [5.41, 5.74) is 5.66. The number of hydrogen-bond donors (Lipinski definition) is 1. The van der Waals surface area contributed by atoms with Crippen molar-refractivity contribution in [2.45, 2.75) is 18.2 Å². The molecule has 1 N–H and O–H groups in total. The summed E-state index contributed by atoms with van der Waals surface area (Å²) in [5.74, 6) is 0.0723. The fourth-order valence-electron chi connectivity index (χ4n) is 2.51. The standard InChI is InChI=1S/C16H13Br2NO/c1-9-6-12(17)3-4-13(9)16(18)10-2-5-14-11(7-10)8-15(20)19-14/h2-7,16H,8H2,1H3,(H,19,20). The number of alkyl halides is 1. The van der Waals surface area contributed by atoms with Crippen LogP contribution in [0.5, 0.6) is 0 Å². The van der Waals surface area contributed by atoms with Crippen molar-refractivity contribution < 1.29 is 4.79 Å². The van der Waals surface area contributed by atoms with Crippen LogP contribution in [0.2, 0.25) is 0 Å². The number of benzene rings is 2. The number of carbonyl (C=O) groups is 1. The predicted octanol–water partition coefficient (Wildman–Crippen LogP) is 4.74. The molecule has 3 rings (SSSR count). The van der Waals surface area contributed by atoms with Crippen molar-refractivity contribution in [2.75, 3.05) is 5.32 Å². The first-order valence-corrected chi connectivity index (χ1v) is 8.08. The minimum Gasteiger partial charge on any atom is -0.326 e. The van der Waals surface area contributed by atoms with Crippen LogP contribution in [0, 0.1) is 6.92 Å². The Morgan fingerprint density at radius 3 is 2.75 bits per heavy atom. The van der Waals surface area contributed by atoms with Crippen molar-refractivity contribution in [2.24, 2.45) is 0 Å². The summed E-state index contributed by atoms with van der Waals surface area (Å²) >= 11 is 7.26. The molecule has 0 aromatic heterocycles. The van der Waals surface area contributed by atoms with Gasteiger partial charge in [-0.1, -0.05) is 50.1 Å². The maximum absolute atomic E-state index is 11.4. The van der Waals surface area contributed by atoms with Crippen LogP contribution in [0.4, 0.5) is 5.69 Å². The van der Waals surface area contributed by atoms with E-state index >= 15 is 0 Å². The molecule has 0 aliphatic carbocycles. The summed E-state index contributed by atoms with van der Waals surface area (Å²) in [5, 5.41) is 2.86. The zero-order chi connectivity index (χ0) is 14.3. The molecule has 102 valence electrons. The minimum atomic E-state index is 0.0723. The van der Waals surface area contributed by atoms with Crippen LogP contribution in [0.3, 0.4) is 0 Å². The quantitative estimate of drug-likeness (QED) is 0.732. The highest BCUT2D eigenvalue weighted by atomic mass is 79.9. The van der Waals surface area contributed by atoms with E-state index in [9.17, 15) is 4.79 Å². The van der Waals surface area contributed by atoms with E-state index in [0.29, 0.717) is 6.42 Å². The Balaban J connectivity index is 1.97. The molecule has 0 fully saturated rings. The Hall–Kier alpha value is -1.13. The van der Waals surface area contributed by atoms with Crippen molar-refractivity contribution in [3.8, 4) is 0 Å². The van der Waals surface area contributed by atoms with E-state index in [1.54, 1.807) is 0 Å². The molecule has 0 saturated heterocycles. The van der Waals surface area contributed by atoms with E-state index in [4.69, 9.17) is 0 Å². The monoisotopic (exact) mass is 393 g/mol. The number of hydrogen-bond acceptors (Lipinski definition) is 1. The molecule has 1 unspecified atom stereocenters. The number of amides is 1. The van der Waals surface area contributed by atoms with Crippen molar-refractivity contribution in [3.63, 3.8) is 0 Å². The zero-order valence-electron chi connectivity index (χ0n) is 10.9. The molecule has 2 aromatic carbocycles. The molecule has 0 saturated carbocycles. The Labute approximate surface area is 134 Å². The Morgan fingerprint density at radius 2 is 2.00 bits per heavy atom. The van der Waals surface area contributed by atoms with Gasteiger partial charge in [0, 0.05) is 10.2 Å². The average molecular weight is 395 g/mol. The fourth-order valence-corrected chi connectivity index (χ4v) is 3.78. The third kappa shape index (κ3) is 2.54. The number of carbonyl (C=O) groups excluding carboxylic acids is 1. The maximum atomic E-state index is 11.4. The smallest absolute Gasteiger partial charge is 0.228 e. The number of halogens is 2. The molecule has 1 atom stereocenters. The van der Waals surface area contributed by atoms with Gasteiger partial charge < -0.3 is 5.32 Å². The SMILES string of the molecule is Cc1cc(Br)ccc1C(Br)c1ccc2c(c1)CC(=O)N2. The molecule has 0 spiro atoms. The van der Waals surface area contributed by atoms with Crippen LogP contribution in [-0.4, -0.2) is 5.91 Å². The second-order valence-corrected chi connectivity index (χ2v) is 6.84. The lowest BCUT2D eigenvalue weighted by atomic mass is 9.98. The maximum Gasteiger partial charge on any atom is 0.228 e. The first kappa shape index (κ1) is 13.8. The molecule has 1 amide bonds. The largest absolute Gasteiger partial charge is 0.326 e. The second kappa shape index (κ2) is 5.34. The van der Waals surface area contributed by atoms with Gasteiger partial charge in [-0.3, -0.25) is 4.79 Å². The highest BCUT2D eigenvalue weighted by Gasteiger charge is 2.20. The van der Waals surface area contributed by atoms with Gasteiger partial charge in [0.1, 0.15) is 0 Å². The van der Waals surface area contributed by atoms with Gasteiger partial charge >= 0.3 is 0 Å². The van der Waals surface area contributed by atoms with Gasteiger partial charge in [0.15, 0.2) is 0 Å². The summed E-state index contributed by atoms with van der Waals surface area (Å²) in [6, 6.07) is 12.4. The van der Waals surface area contributed by atoms with Crippen LogP contribution in [0.1, 0.15) is 27.1 Å². The van der Waals surface area contributed by atoms with Gasteiger partial charge in [-0.25, -0.2) is 0 Å². The average Bonchev–Trinajstić information content (AvgIpc) is 2.77. The van der Waals surface area contributed by atoms with Gasteiger partial charge in [0.2, 0.25) is 5.91 Å². The first-order valence-electron chi connectivity index (χ1n) is 6.37. The number of aryl methyl sites for hydroxylation is 1. The highest BCUT2D eigenvalue weighted by molar-refractivity contribution is 9.10. The topological polar surface area (TPSA) is 29.1 Å². The van der Waals surface area contributed by atoms with E-state index < -0.39 is 0 Å². The van der Waals surface area contributed by atoms with Crippen molar-refractivity contribution in [3.05, 3.63) is 63.1 Å². The Bertz CT molecular complexity index is 697. The van der Waals surface area contributed by atoms with Crippen molar-refractivity contribution in [1.29, 1.82) is 0 Å². The van der Waals surface area contributed by atoms with Gasteiger partial charge in [-0.15, -0.1) is 0 Å². The summed E-state index contributed by atoms with van der Waals surface area (Å²) in [4.78, 5) is 11.6. The summed E-state index contributed by atoms with van der Waals surface area (Å²) in [7, 11) is 0. The molecule has 20 heavy (non-hydrogen) atoms. The summed E-state index contributed by atoms with van der Waals surface area (Å²) in [6.45, 7) is 2.10.